The Balaban J connectivity index is 1.82. The smallest absolute Gasteiger partial charge is 0.0591 e. The van der Waals surface area contributed by atoms with E-state index >= 15 is 0 Å². The molecule has 0 aliphatic heterocycles. The van der Waals surface area contributed by atoms with Crippen molar-refractivity contribution < 1.29 is 5.11 Å². The fourth-order valence-corrected chi connectivity index (χ4v) is 3.29. The van der Waals surface area contributed by atoms with E-state index in [4.69, 9.17) is 0 Å². The summed E-state index contributed by atoms with van der Waals surface area (Å²) in [5.74, 6) is 0. The van der Waals surface area contributed by atoms with Gasteiger partial charge in [0, 0.05) is 16.2 Å². The van der Waals surface area contributed by atoms with Gasteiger partial charge in [-0.1, -0.05) is 36.8 Å². The molecule has 0 saturated carbocycles. The van der Waals surface area contributed by atoms with Crippen LogP contribution in [-0.4, -0.2) is 11.2 Å². The number of hydrogen-bond acceptors (Lipinski definition) is 2. The third-order valence-corrected chi connectivity index (χ3v) is 4.60. The number of aryl methyl sites for hydroxylation is 3. The van der Waals surface area contributed by atoms with Crippen LogP contribution in [0.5, 0.6) is 0 Å². The summed E-state index contributed by atoms with van der Waals surface area (Å²) in [6.45, 7) is 4.28. The molecular weight excluding hydrogens is 252 g/mol. The predicted molar refractivity (Wildman–Crippen MR) is 82.9 cm³/mol. The van der Waals surface area contributed by atoms with E-state index in [2.05, 4.69) is 50.2 Å². The molecule has 0 radical (unpaired) electrons. The van der Waals surface area contributed by atoms with Gasteiger partial charge in [-0.25, -0.2) is 0 Å². The first-order valence-electron chi connectivity index (χ1n) is 6.98. The predicted octanol–water partition coefficient (Wildman–Crippen LogP) is 4.16. The van der Waals surface area contributed by atoms with E-state index < -0.39 is 0 Å². The molecule has 102 valence electrons. The first-order valence-corrected chi connectivity index (χ1v) is 7.80. The fourth-order valence-electron chi connectivity index (χ4n) is 2.26. The average Bonchev–Trinajstić information content (AvgIpc) is 2.84. The van der Waals surface area contributed by atoms with Gasteiger partial charge < -0.3 is 5.11 Å². The minimum absolute atomic E-state index is 0.233. The van der Waals surface area contributed by atoms with Gasteiger partial charge in [0.05, 0.1) is 6.10 Å². The highest BCUT2D eigenvalue weighted by molar-refractivity contribution is 7.11. The summed E-state index contributed by atoms with van der Waals surface area (Å²) in [7, 11) is 0. The number of hydrogen-bond donors (Lipinski definition) is 1. The summed E-state index contributed by atoms with van der Waals surface area (Å²) >= 11 is 1.83. The minimum Gasteiger partial charge on any atom is -0.393 e. The lowest BCUT2D eigenvalue weighted by Gasteiger charge is -2.09. The van der Waals surface area contributed by atoms with Crippen molar-refractivity contribution in [1.82, 2.24) is 0 Å². The summed E-state index contributed by atoms with van der Waals surface area (Å²) in [4.78, 5) is 2.70. The van der Waals surface area contributed by atoms with Crippen molar-refractivity contribution in [1.29, 1.82) is 0 Å². The SMILES string of the molecule is CCc1ccc(CC(O)CCc2cccc(C)c2)s1. The highest BCUT2D eigenvalue weighted by Gasteiger charge is 2.08. The van der Waals surface area contributed by atoms with Crippen molar-refractivity contribution in [3.8, 4) is 0 Å². The summed E-state index contributed by atoms with van der Waals surface area (Å²) in [5, 5.41) is 10.1. The topological polar surface area (TPSA) is 20.2 Å². The maximum atomic E-state index is 10.1. The van der Waals surface area contributed by atoms with Gasteiger partial charge in [-0.3, -0.25) is 0 Å². The summed E-state index contributed by atoms with van der Waals surface area (Å²) in [5.41, 5.74) is 2.61. The van der Waals surface area contributed by atoms with Crippen LogP contribution in [0.4, 0.5) is 0 Å². The molecular formula is C17H22OS. The number of aliphatic hydroxyl groups is 1. The third-order valence-electron chi connectivity index (χ3n) is 3.35. The highest BCUT2D eigenvalue weighted by atomic mass is 32.1. The Morgan fingerprint density at radius 2 is 1.95 bits per heavy atom. The van der Waals surface area contributed by atoms with E-state index in [9.17, 15) is 5.11 Å². The first kappa shape index (κ1) is 14.3. The van der Waals surface area contributed by atoms with Gasteiger partial charge in [0.25, 0.3) is 0 Å². The fraction of sp³-hybridized carbons (Fsp3) is 0.412. The largest absolute Gasteiger partial charge is 0.393 e. The van der Waals surface area contributed by atoms with E-state index in [1.807, 2.05) is 11.3 Å². The first-order chi connectivity index (χ1) is 9.17. The van der Waals surface area contributed by atoms with E-state index in [0.29, 0.717) is 0 Å². The summed E-state index contributed by atoms with van der Waals surface area (Å²) in [6, 6.07) is 12.9. The molecule has 0 spiro atoms. The second kappa shape index (κ2) is 6.88. The van der Waals surface area contributed by atoms with E-state index in [0.717, 1.165) is 25.7 Å². The molecule has 2 heteroatoms. The Morgan fingerprint density at radius 3 is 2.63 bits per heavy atom. The molecule has 1 nitrogen and oxygen atoms in total. The lowest BCUT2D eigenvalue weighted by atomic mass is 10.0. The van der Waals surface area contributed by atoms with Crippen LogP contribution in [0.15, 0.2) is 36.4 Å². The van der Waals surface area contributed by atoms with Crippen LogP contribution in [0.3, 0.4) is 0 Å². The Bertz CT molecular complexity index is 515. The van der Waals surface area contributed by atoms with E-state index in [-0.39, 0.29) is 6.10 Å². The van der Waals surface area contributed by atoms with Crippen LogP contribution in [0.1, 0.15) is 34.2 Å². The lowest BCUT2D eigenvalue weighted by molar-refractivity contribution is 0.166. The van der Waals surface area contributed by atoms with Crippen LogP contribution in [0.25, 0.3) is 0 Å². The Morgan fingerprint density at radius 1 is 1.16 bits per heavy atom. The van der Waals surface area contributed by atoms with Crippen LogP contribution in [0.2, 0.25) is 0 Å². The zero-order valence-electron chi connectivity index (χ0n) is 11.7. The molecule has 0 bridgehead atoms. The normalized spacial score (nSPS) is 12.6. The molecule has 0 saturated heterocycles. The van der Waals surface area contributed by atoms with Gasteiger partial charge in [0.2, 0.25) is 0 Å². The van der Waals surface area contributed by atoms with Gasteiger partial charge >= 0.3 is 0 Å². The van der Waals surface area contributed by atoms with Gasteiger partial charge in [0.1, 0.15) is 0 Å². The van der Waals surface area contributed by atoms with Crippen molar-refractivity contribution in [3.05, 3.63) is 57.3 Å². The van der Waals surface area contributed by atoms with Crippen LogP contribution in [-0.2, 0) is 19.3 Å². The molecule has 1 heterocycles. The summed E-state index contributed by atoms with van der Waals surface area (Å²) in [6.07, 6.45) is 3.43. The van der Waals surface area contributed by atoms with Crippen LogP contribution < -0.4 is 0 Å². The monoisotopic (exact) mass is 274 g/mol. The Kier molecular flexibility index (Phi) is 5.17. The van der Waals surface area contributed by atoms with Gasteiger partial charge in [-0.15, -0.1) is 11.3 Å². The molecule has 0 aliphatic rings. The van der Waals surface area contributed by atoms with Crippen molar-refractivity contribution in [2.75, 3.05) is 0 Å². The molecule has 1 N–H and O–H groups in total. The van der Waals surface area contributed by atoms with Crippen LogP contribution in [0, 0.1) is 6.92 Å². The maximum absolute atomic E-state index is 10.1. The number of rotatable bonds is 6. The van der Waals surface area contributed by atoms with Crippen molar-refractivity contribution in [3.63, 3.8) is 0 Å². The molecule has 1 aromatic heterocycles. The van der Waals surface area contributed by atoms with Gasteiger partial charge in [0.15, 0.2) is 0 Å². The van der Waals surface area contributed by atoms with Gasteiger partial charge in [-0.2, -0.15) is 0 Å². The third kappa shape index (κ3) is 4.48. The van der Waals surface area contributed by atoms with E-state index in [1.165, 1.54) is 20.9 Å². The van der Waals surface area contributed by atoms with Crippen molar-refractivity contribution >= 4 is 11.3 Å². The minimum atomic E-state index is -0.233. The maximum Gasteiger partial charge on any atom is 0.0591 e. The van der Waals surface area contributed by atoms with Gasteiger partial charge in [-0.05, 0) is 43.9 Å². The number of thiophene rings is 1. The zero-order valence-corrected chi connectivity index (χ0v) is 12.5. The highest BCUT2D eigenvalue weighted by Crippen LogP contribution is 2.20. The molecule has 1 aromatic carbocycles. The molecule has 19 heavy (non-hydrogen) atoms. The summed E-state index contributed by atoms with van der Waals surface area (Å²) < 4.78 is 0. The van der Waals surface area contributed by atoms with Crippen LogP contribution >= 0.6 is 11.3 Å². The Labute approximate surface area is 119 Å². The standard InChI is InChI=1S/C17H22OS/c1-3-16-9-10-17(19-16)12-15(18)8-7-14-6-4-5-13(2)11-14/h4-6,9-11,15,18H,3,7-8,12H2,1-2H3. The molecule has 2 aromatic rings. The molecule has 0 aliphatic carbocycles. The van der Waals surface area contributed by atoms with Crippen molar-refractivity contribution in [2.24, 2.45) is 0 Å². The zero-order chi connectivity index (χ0) is 13.7. The molecule has 2 rings (SSSR count). The van der Waals surface area contributed by atoms with E-state index in [1.54, 1.807) is 0 Å². The molecule has 0 fully saturated rings. The van der Waals surface area contributed by atoms with Crippen molar-refractivity contribution in [2.45, 2.75) is 45.6 Å². The molecule has 1 unspecified atom stereocenters. The number of benzene rings is 1. The molecule has 1 atom stereocenters. The quantitative estimate of drug-likeness (QED) is 0.839. The lowest BCUT2D eigenvalue weighted by Crippen LogP contribution is -2.10. The second-order valence-corrected chi connectivity index (χ2v) is 6.36. The Hall–Kier alpha value is -1.12. The molecule has 0 amide bonds. The number of aliphatic hydroxyl groups excluding tert-OH is 1. The average molecular weight is 274 g/mol. The second-order valence-electron chi connectivity index (χ2n) is 5.11.